The number of aliphatic hydroxyl groups is 1. The van der Waals surface area contributed by atoms with Crippen LogP contribution in [-0.4, -0.2) is 11.2 Å². The maximum atomic E-state index is 9.71. The SMILES string of the molecule is C[C@@H](O)[C@@]12CCCC(C)(C)[C@@H]1C2. The van der Waals surface area contributed by atoms with E-state index in [1.54, 1.807) is 0 Å². The van der Waals surface area contributed by atoms with E-state index >= 15 is 0 Å². The van der Waals surface area contributed by atoms with Gasteiger partial charge in [0.1, 0.15) is 0 Å². The maximum absolute atomic E-state index is 9.71. The van der Waals surface area contributed by atoms with Gasteiger partial charge >= 0.3 is 0 Å². The third kappa shape index (κ3) is 0.953. The van der Waals surface area contributed by atoms with E-state index in [1.165, 1.54) is 25.7 Å². The first kappa shape index (κ1) is 8.55. The van der Waals surface area contributed by atoms with Gasteiger partial charge in [-0.05, 0) is 42.9 Å². The molecule has 12 heavy (non-hydrogen) atoms. The zero-order chi connectivity index (χ0) is 8.98. The summed E-state index contributed by atoms with van der Waals surface area (Å²) in [4.78, 5) is 0. The highest BCUT2D eigenvalue weighted by atomic mass is 16.3. The Morgan fingerprint density at radius 1 is 1.33 bits per heavy atom. The van der Waals surface area contributed by atoms with Crippen LogP contribution >= 0.6 is 0 Å². The third-order valence-electron chi connectivity index (χ3n) is 4.36. The fourth-order valence-electron chi connectivity index (χ4n) is 3.37. The molecule has 2 saturated carbocycles. The molecule has 1 heteroatoms. The average Bonchev–Trinajstić information content (AvgIpc) is 2.63. The van der Waals surface area contributed by atoms with Crippen LogP contribution in [0.3, 0.4) is 0 Å². The maximum Gasteiger partial charge on any atom is 0.0571 e. The highest BCUT2D eigenvalue weighted by molar-refractivity contribution is 5.12. The second-order valence-corrected chi connectivity index (χ2v) is 5.51. The van der Waals surface area contributed by atoms with Crippen LogP contribution in [0.5, 0.6) is 0 Å². The van der Waals surface area contributed by atoms with Crippen molar-refractivity contribution in [3.63, 3.8) is 0 Å². The molecule has 0 saturated heterocycles. The van der Waals surface area contributed by atoms with E-state index in [2.05, 4.69) is 13.8 Å². The molecular formula is C11H20O. The number of hydrogen-bond donors (Lipinski definition) is 1. The van der Waals surface area contributed by atoms with Crippen LogP contribution in [0.25, 0.3) is 0 Å². The summed E-state index contributed by atoms with van der Waals surface area (Å²) in [6.45, 7) is 6.70. The molecule has 0 amide bonds. The van der Waals surface area contributed by atoms with Gasteiger partial charge in [0.25, 0.3) is 0 Å². The van der Waals surface area contributed by atoms with Crippen LogP contribution in [0, 0.1) is 16.7 Å². The summed E-state index contributed by atoms with van der Waals surface area (Å²) in [5.41, 5.74) is 0.830. The molecule has 3 atom stereocenters. The summed E-state index contributed by atoms with van der Waals surface area (Å²) in [6, 6.07) is 0. The van der Waals surface area contributed by atoms with Crippen molar-refractivity contribution in [1.29, 1.82) is 0 Å². The van der Waals surface area contributed by atoms with E-state index < -0.39 is 0 Å². The van der Waals surface area contributed by atoms with Crippen molar-refractivity contribution in [3.05, 3.63) is 0 Å². The summed E-state index contributed by atoms with van der Waals surface area (Å²) in [5.74, 6) is 0.804. The van der Waals surface area contributed by atoms with E-state index in [9.17, 15) is 5.11 Å². The third-order valence-corrected chi connectivity index (χ3v) is 4.36. The smallest absolute Gasteiger partial charge is 0.0571 e. The van der Waals surface area contributed by atoms with Crippen LogP contribution in [0.4, 0.5) is 0 Å². The normalized spacial score (nSPS) is 46.5. The van der Waals surface area contributed by atoms with Crippen LogP contribution in [0.1, 0.15) is 46.5 Å². The zero-order valence-electron chi connectivity index (χ0n) is 8.43. The second-order valence-electron chi connectivity index (χ2n) is 5.51. The molecule has 0 bridgehead atoms. The lowest BCUT2D eigenvalue weighted by Gasteiger charge is -2.35. The van der Waals surface area contributed by atoms with Crippen LogP contribution in [-0.2, 0) is 0 Å². The minimum atomic E-state index is -0.0814. The first-order valence-electron chi connectivity index (χ1n) is 5.17. The van der Waals surface area contributed by atoms with Gasteiger partial charge in [-0.25, -0.2) is 0 Å². The van der Waals surface area contributed by atoms with Crippen LogP contribution in [0.2, 0.25) is 0 Å². The molecule has 2 fully saturated rings. The summed E-state index contributed by atoms with van der Waals surface area (Å²) in [5, 5.41) is 9.71. The molecule has 0 aromatic carbocycles. The highest BCUT2D eigenvalue weighted by Gasteiger charge is 2.63. The van der Waals surface area contributed by atoms with Crippen LogP contribution < -0.4 is 0 Å². The monoisotopic (exact) mass is 168 g/mol. The first-order chi connectivity index (χ1) is 5.49. The minimum absolute atomic E-state index is 0.0814. The van der Waals surface area contributed by atoms with E-state index in [0.29, 0.717) is 10.8 Å². The lowest BCUT2D eigenvalue weighted by atomic mass is 9.71. The van der Waals surface area contributed by atoms with Crippen molar-refractivity contribution in [1.82, 2.24) is 0 Å². The summed E-state index contributed by atoms with van der Waals surface area (Å²) in [6.07, 6.45) is 5.12. The Hall–Kier alpha value is -0.0400. The average molecular weight is 168 g/mol. The highest BCUT2D eigenvalue weighted by Crippen LogP contribution is 2.69. The molecule has 0 aliphatic heterocycles. The van der Waals surface area contributed by atoms with Crippen molar-refractivity contribution >= 4 is 0 Å². The Labute approximate surface area is 75.2 Å². The number of aliphatic hydroxyl groups excluding tert-OH is 1. The molecule has 1 nitrogen and oxygen atoms in total. The van der Waals surface area contributed by atoms with E-state index in [0.717, 1.165) is 5.92 Å². The molecule has 0 radical (unpaired) electrons. The largest absolute Gasteiger partial charge is 0.393 e. The Kier molecular flexibility index (Phi) is 1.61. The van der Waals surface area contributed by atoms with E-state index in [-0.39, 0.29) is 6.10 Å². The van der Waals surface area contributed by atoms with Gasteiger partial charge in [-0.2, -0.15) is 0 Å². The van der Waals surface area contributed by atoms with Crippen molar-refractivity contribution < 1.29 is 5.11 Å². The van der Waals surface area contributed by atoms with Gasteiger partial charge in [0.15, 0.2) is 0 Å². The van der Waals surface area contributed by atoms with Crippen molar-refractivity contribution in [3.8, 4) is 0 Å². The second kappa shape index (κ2) is 2.25. The molecule has 2 aliphatic rings. The molecule has 70 valence electrons. The fourth-order valence-corrected chi connectivity index (χ4v) is 3.37. The van der Waals surface area contributed by atoms with E-state index in [4.69, 9.17) is 0 Å². The number of hydrogen-bond acceptors (Lipinski definition) is 1. The Balaban J connectivity index is 2.16. The molecular weight excluding hydrogens is 148 g/mol. The molecule has 2 rings (SSSR count). The molecule has 2 aliphatic carbocycles. The molecule has 0 heterocycles. The van der Waals surface area contributed by atoms with Gasteiger partial charge < -0.3 is 5.11 Å². The van der Waals surface area contributed by atoms with Gasteiger partial charge in [0, 0.05) is 0 Å². The summed E-state index contributed by atoms with van der Waals surface area (Å²) >= 11 is 0. The fraction of sp³-hybridized carbons (Fsp3) is 1.00. The molecule has 0 unspecified atom stereocenters. The summed E-state index contributed by atoms with van der Waals surface area (Å²) in [7, 11) is 0. The van der Waals surface area contributed by atoms with Crippen molar-refractivity contribution in [2.45, 2.75) is 52.6 Å². The zero-order valence-corrected chi connectivity index (χ0v) is 8.43. The molecule has 1 N–H and O–H groups in total. The topological polar surface area (TPSA) is 20.2 Å². The van der Waals surface area contributed by atoms with Gasteiger partial charge in [0.05, 0.1) is 6.10 Å². The molecule has 0 aromatic rings. The lowest BCUT2D eigenvalue weighted by molar-refractivity contribution is 0.0471. The van der Waals surface area contributed by atoms with Crippen LogP contribution in [0.15, 0.2) is 0 Å². The number of rotatable bonds is 1. The number of fused-ring (bicyclic) bond motifs is 1. The van der Waals surface area contributed by atoms with Gasteiger partial charge in [-0.15, -0.1) is 0 Å². The Morgan fingerprint density at radius 2 is 2.00 bits per heavy atom. The Morgan fingerprint density at radius 3 is 2.50 bits per heavy atom. The van der Waals surface area contributed by atoms with Gasteiger partial charge in [0.2, 0.25) is 0 Å². The van der Waals surface area contributed by atoms with Gasteiger partial charge in [-0.1, -0.05) is 20.3 Å². The summed E-state index contributed by atoms with van der Waals surface area (Å²) < 4.78 is 0. The molecule has 0 spiro atoms. The standard InChI is InChI=1S/C11H20O/c1-8(12)11-6-4-5-10(2,3)9(11)7-11/h8-9,12H,4-7H2,1-3H3/t8-,9+,11+/m1/s1. The predicted octanol–water partition coefficient (Wildman–Crippen LogP) is 2.58. The Bertz CT molecular complexity index is 195. The van der Waals surface area contributed by atoms with Crippen molar-refractivity contribution in [2.24, 2.45) is 16.7 Å². The minimum Gasteiger partial charge on any atom is -0.393 e. The molecule has 0 aromatic heterocycles. The predicted molar refractivity (Wildman–Crippen MR) is 49.9 cm³/mol. The van der Waals surface area contributed by atoms with Gasteiger partial charge in [-0.3, -0.25) is 0 Å². The quantitative estimate of drug-likeness (QED) is 0.638. The van der Waals surface area contributed by atoms with Crippen molar-refractivity contribution in [2.75, 3.05) is 0 Å². The van der Waals surface area contributed by atoms with E-state index in [1.807, 2.05) is 6.92 Å². The first-order valence-corrected chi connectivity index (χ1v) is 5.17. The lowest BCUT2D eigenvalue weighted by Crippen LogP contribution is -2.31.